The number of aromatic hydroxyl groups is 1. The second-order valence-electron chi connectivity index (χ2n) is 7.67. The van der Waals surface area contributed by atoms with E-state index in [1.165, 1.54) is 4.90 Å². The summed E-state index contributed by atoms with van der Waals surface area (Å²) in [7, 11) is 1.67. The standard InChI is InChI=1S/C24H25N3O4/c1-3-14-31-24-25-22(29)21(28)20-23(30)26(2)15-18(27(20)24)19(16-10-6-4-7-11-16)17-12-8-5-9-13-17/h4-13,18-19,28H,3,14-15H2,1-2H3/t18-/m1/s1. The molecule has 0 radical (unpaired) electrons. The zero-order valence-corrected chi connectivity index (χ0v) is 17.6. The molecule has 3 aromatic rings. The Kier molecular flexibility index (Phi) is 5.75. The summed E-state index contributed by atoms with van der Waals surface area (Å²) in [6.07, 6.45) is 0.714. The van der Waals surface area contributed by atoms with Gasteiger partial charge in [0.05, 0.1) is 12.6 Å². The van der Waals surface area contributed by atoms with Gasteiger partial charge in [0, 0.05) is 19.5 Å². The second-order valence-corrected chi connectivity index (χ2v) is 7.67. The molecule has 1 aliphatic rings. The van der Waals surface area contributed by atoms with Gasteiger partial charge in [-0.1, -0.05) is 67.6 Å². The molecule has 0 aliphatic carbocycles. The molecule has 160 valence electrons. The lowest BCUT2D eigenvalue weighted by molar-refractivity contribution is 0.0684. The summed E-state index contributed by atoms with van der Waals surface area (Å²) in [5, 5.41) is 10.5. The topological polar surface area (TPSA) is 84.7 Å². The molecule has 0 saturated carbocycles. The quantitative estimate of drug-likeness (QED) is 0.663. The molecule has 0 spiro atoms. The average Bonchev–Trinajstić information content (AvgIpc) is 2.79. The minimum absolute atomic E-state index is 0.0583. The number of amides is 1. The first-order chi connectivity index (χ1) is 15.0. The number of fused-ring (bicyclic) bond motifs is 1. The van der Waals surface area contributed by atoms with Crippen LogP contribution in [0.4, 0.5) is 0 Å². The molecule has 2 heterocycles. The van der Waals surface area contributed by atoms with Crippen LogP contribution in [0.5, 0.6) is 11.8 Å². The van der Waals surface area contributed by atoms with E-state index < -0.39 is 17.2 Å². The van der Waals surface area contributed by atoms with Crippen LogP contribution in [0.3, 0.4) is 0 Å². The number of likely N-dealkylation sites (N-methyl/N-ethyl adjacent to an activating group) is 1. The summed E-state index contributed by atoms with van der Waals surface area (Å²) in [5.41, 5.74) is 1.15. The Hall–Kier alpha value is -3.61. The molecule has 1 aliphatic heterocycles. The van der Waals surface area contributed by atoms with Crippen molar-refractivity contribution in [2.75, 3.05) is 20.2 Å². The lowest BCUT2D eigenvalue weighted by Gasteiger charge is -2.39. The fourth-order valence-electron chi connectivity index (χ4n) is 4.15. The average molecular weight is 419 g/mol. The largest absolute Gasteiger partial charge is 0.501 e. The van der Waals surface area contributed by atoms with Gasteiger partial charge in [-0.2, -0.15) is 4.98 Å². The maximum atomic E-state index is 13.0. The van der Waals surface area contributed by atoms with Crippen LogP contribution in [0.25, 0.3) is 0 Å². The maximum Gasteiger partial charge on any atom is 0.318 e. The number of aromatic nitrogens is 2. The third kappa shape index (κ3) is 3.79. The fraction of sp³-hybridized carbons (Fsp3) is 0.292. The van der Waals surface area contributed by atoms with Gasteiger partial charge in [0.25, 0.3) is 5.91 Å². The van der Waals surface area contributed by atoms with Crippen molar-refractivity contribution in [1.29, 1.82) is 0 Å². The Bertz CT molecular complexity index is 1090. The number of hydrogen-bond donors (Lipinski definition) is 1. The third-order valence-corrected chi connectivity index (χ3v) is 5.55. The lowest BCUT2D eigenvalue weighted by Crippen LogP contribution is -2.45. The summed E-state index contributed by atoms with van der Waals surface area (Å²) < 4.78 is 7.41. The second kappa shape index (κ2) is 8.63. The van der Waals surface area contributed by atoms with Gasteiger partial charge < -0.3 is 14.7 Å². The van der Waals surface area contributed by atoms with Crippen molar-refractivity contribution in [3.63, 3.8) is 0 Å². The summed E-state index contributed by atoms with van der Waals surface area (Å²) in [4.78, 5) is 30.8. The van der Waals surface area contributed by atoms with Gasteiger partial charge in [-0.05, 0) is 17.5 Å². The van der Waals surface area contributed by atoms with Crippen LogP contribution in [-0.4, -0.2) is 45.7 Å². The Morgan fingerprint density at radius 3 is 2.19 bits per heavy atom. The molecule has 0 unspecified atom stereocenters. The summed E-state index contributed by atoms with van der Waals surface area (Å²) in [5.74, 6) is -1.25. The first kappa shape index (κ1) is 20.7. The molecule has 31 heavy (non-hydrogen) atoms. The highest BCUT2D eigenvalue weighted by Gasteiger charge is 2.40. The van der Waals surface area contributed by atoms with Crippen molar-refractivity contribution in [3.05, 3.63) is 87.8 Å². The van der Waals surface area contributed by atoms with E-state index in [-0.39, 0.29) is 23.7 Å². The Morgan fingerprint density at radius 2 is 1.65 bits per heavy atom. The van der Waals surface area contributed by atoms with E-state index in [2.05, 4.69) is 4.98 Å². The van der Waals surface area contributed by atoms with Crippen LogP contribution < -0.4 is 10.3 Å². The van der Waals surface area contributed by atoms with Gasteiger partial charge in [0.15, 0.2) is 5.69 Å². The van der Waals surface area contributed by atoms with Crippen LogP contribution in [0, 0.1) is 0 Å². The monoisotopic (exact) mass is 419 g/mol. The number of carbonyl (C=O) groups excluding carboxylic acids is 1. The molecule has 1 aromatic heterocycles. The molecule has 1 amide bonds. The Balaban J connectivity index is 1.98. The van der Waals surface area contributed by atoms with Gasteiger partial charge >= 0.3 is 11.6 Å². The molecule has 2 aromatic carbocycles. The molecular formula is C24H25N3O4. The van der Waals surface area contributed by atoms with Crippen LogP contribution >= 0.6 is 0 Å². The van der Waals surface area contributed by atoms with Crippen molar-refractivity contribution in [3.8, 4) is 11.8 Å². The third-order valence-electron chi connectivity index (χ3n) is 5.55. The molecule has 7 heteroatoms. The SMILES string of the molecule is CCCOc1nc(=O)c(O)c2n1[C@@H](C(c1ccccc1)c1ccccc1)CN(C)C2=O. The first-order valence-electron chi connectivity index (χ1n) is 10.4. The fourth-order valence-corrected chi connectivity index (χ4v) is 4.15. The lowest BCUT2D eigenvalue weighted by atomic mass is 9.83. The van der Waals surface area contributed by atoms with Crippen LogP contribution in [0.1, 0.15) is 46.9 Å². The minimum atomic E-state index is -0.865. The smallest absolute Gasteiger partial charge is 0.318 e. The van der Waals surface area contributed by atoms with E-state index in [0.29, 0.717) is 19.6 Å². The molecule has 1 N–H and O–H groups in total. The molecular weight excluding hydrogens is 394 g/mol. The van der Waals surface area contributed by atoms with E-state index in [4.69, 9.17) is 4.74 Å². The summed E-state index contributed by atoms with van der Waals surface area (Å²) >= 11 is 0. The van der Waals surface area contributed by atoms with E-state index in [1.807, 2.05) is 67.6 Å². The van der Waals surface area contributed by atoms with E-state index >= 15 is 0 Å². The maximum absolute atomic E-state index is 13.0. The van der Waals surface area contributed by atoms with Crippen LogP contribution in [0.15, 0.2) is 65.5 Å². The predicted molar refractivity (Wildman–Crippen MR) is 117 cm³/mol. The van der Waals surface area contributed by atoms with Crippen molar-refractivity contribution in [2.45, 2.75) is 25.3 Å². The number of ether oxygens (including phenoxy) is 1. The van der Waals surface area contributed by atoms with Crippen LogP contribution in [-0.2, 0) is 0 Å². The van der Waals surface area contributed by atoms with Crippen molar-refractivity contribution in [2.24, 2.45) is 0 Å². The molecule has 1 atom stereocenters. The number of benzene rings is 2. The molecule has 0 bridgehead atoms. The zero-order valence-electron chi connectivity index (χ0n) is 17.6. The van der Waals surface area contributed by atoms with E-state index in [1.54, 1.807) is 11.6 Å². The van der Waals surface area contributed by atoms with Gasteiger partial charge in [0.1, 0.15) is 0 Å². The Labute approximate surface area is 180 Å². The minimum Gasteiger partial charge on any atom is -0.501 e. The van der Waals surface area contributed by atoms with E-state index in [9.17, 15) is 14.7 Å². The Morgan fingerprint density at radius 1 is 1.06 bits per heavy atom. The number of rotatable bonds is 6. The first-order valence-corrected chi connectivity index (χ1v) is 10.4. The van der Waals surface area contributed by atoms with Crippen LogP contribution in [0.2, 0.25) is 0 Å². The molecule has 7 nitrogen and oxygen atoms in total. The highest BCUT2D eigenvalue weighted by atomic mass is 16.5. The van der Waals surface area contributed by atoms with E-state index in [0.717, 1.165) is 11.1 Å². The number of carbonyl (C=O) groups is 1. The van der Waals surface area contributed by atoms with Gasteiger partial charge in [-0.25, -0.2) is 0 Å². The van der Waals surface area contributed by atoms with Gasteiger partial charge in [-0.15, -0.1) is 0 Å². The number of hydrogen-bond acceptors (Lipinski definition) is 5. The zero-order chi connectivity index (χ0) is 22.0. The summed E-state index contributed by atoms with van der Waals surface area (Å²) in [6.45, 7) is 2.66. The van der Waals surface area contributed by atoms with Crippen molar-refractivity contribution >= 4 is 5.91 Å². The van der Waals surface area contributed by atoms with Crippen molar-refractivity contribution in [1.82, 2.24) is 14.5 Å². The van der Waals surface area contributed by atoms with Gasteiger partial charge in [-0.3, -0.25) is 14.2 Å². The molecule has 0 saturated heterocycles. The molecule has 0 fully saturated rings. The molecule has 4 rings (SSSR count). The highest BCUT2D eigenvalue weighted by Crippen LogP contribution is 2.41. The predicted octanol–water partition coefficient (Wildman–Crippen LogP) is 3.20. The normalized spacial score (nSPS) is 15.8. The number of nitrogens with zero attached hydrogens (tertiary/aromatic N) is 3. The van der Waals surface area contributed by atoms with Gasteiger partial charge in [0.2, 0.25) is 5.75 Å². The van der Waals surface area contributed by atoms with Crippen molar-refractivity contribution < 1.29 is 14.6 Å². The summed E-state index contributed by atoms with van der Waals surface area (Å²) in [6, 6.07) is 19.7. The highest BCUT2D eigenvalue weighted by molar-refractivity contribution is 5.95.